The molecule has 0 bridgehead atoms. The number of rotatable bonds is 5. The molecule has 0 saturated carbocycles. The summed E-state index contributed by atoms with van der Waals surface area (Å²) in [7, 11) is 0. The Labute approximate surface area is 167 Å². The van der Waals surface area contributed by atoms with Gasteiger partial charge in [-0.15, -0.1) is 0 Å². The van der Waals surface area contributed by atoms with E-state index < -0.39 is 0 Å². The maximum atomic E-state index is 11.9. The SMILES string of the molecule is Cc1cc(C)nc(N2CCC(NCc3ccc(N4CCCC4=O)cc3)CC2)n1. The molecular formula is C22H29N5O. The zero-order chi connectivity index (χ0) is 19.5. The summed E-state index contributed by atoms with van der Waals surface area (Å²) >= 11 is 0. The Balaban J connectivity index is 1.27. The molecule has 0 atom stereocenters. The van der Waals surface area contributed by atoms with E-state index in [1.54, 1.807) is 0 Å². The molecule has 1 amide bonds. The van der Waals surface area contributed by atoms with Crippen LogP contribution in [0.3, 0.4) is 0 Å². The van der Waals surface area contributed by atoms with Crippen molar-refractivity contribution in [2.45, 2.75) is 52.1 Å². The normalized spacial score (nSPS) is 18.1. The summed E-state index contributed by atoms with van der Waals surface area (Å²) in [4.78, 5) is 25.2. The van der Waals surface area contributed by atoms with Crippen molar-refractivity contribution in [1.29, 1.82) is 0 Å². The van der Waals surface area contributed by atoms with E-state index in [1.165, 1.54) is 5.56 Å². The van der Waals surface area contributed by atoms with E-state index in [-0.39, 0.29) is 5.91 Å². The predicted octanol–water partition coefficient (Wildman–Crippen LogP) is 2.98. The van der Waals surface area contributed by atoms with Crippen LogP contribution in [0, 0.1) is 13.8 Å². The minimum absolute atomic E-state index is 0.241. The fourth-order valence-electron chi connectivity index (χ4n) is 4.11. The summed E-state index contributed by atoms with van der Waals surface area (Å²) < 4.78 is 0. The number of carbonyl (C=O) groups excluding carboxylic acids is 1. The molecule has 6 heteroatoms. The molecule has 3 heterocycles. The highest BCUT2D eigenvalue weighted by molar-refractivity contribution is 5.95. The molecule has 1 N–H and O–H groups in total. The van der Waals surface area contributed by atoms with E-state index >= 15 is 0 Å². The number of nitrogens with zero attached hydrogens (tertiary/aromatic N) is 4. The third-order valence-electron chi connectivity index (χ3n) is 5.66. The second kappa shape index (κ2) is 8.27. The number of nitrogens with one attached hydrogen (secondary N) is 1. The first-order chi connectivity index (χ1) is 13.6. The summed E-state index contributed by atoms with van der Waals surface area (Å²) in [6.45, 7) is 7.72. The van der Waals surface area contributed by atoms with Gasteiger partial charge in [-0.05, 0) is 56.9 Å². The van der Waals surface area contributed by atoms with Gasteiger partial charge in [0.15, 0.2) is 0 Å². The van der Waals surface area contributed by atoms with Crippen molar-refractivity contribution < 1.29 is 4.79 Å². The number of anilines is 2. The van der Waals surface area contributed by atoms with Crippen LogP contribution in [0.5, 0.6) is 0 Å². The lowest BCUT2D eigenvalue weighted by Crippen LogP contribution is -2.43. The van der Waals surface area contributed by atoms with Crippen molar-refractivity contribution in [3.63, 3.8) is 0 Å². The van der Waals surface area contributed by atoms with E-state index in [4.69, 9.17) is 0 Å². The summed E-state index contributed by atoms with van der Waals surface area (Å²) in [6, 6.07) is 10.9. The van der Waals surface area contributed by atoms with E-state index in [9.17, 15) is 4.79 Å². The molecule has 28 heavy (non-hydrogen) atoms. The van der Waals surface area contributed by atoms with Gasteiger partial charge in [0.05, 0.1) is 0 Å². The maximum Gasteiger partial charge on any atom is 0.227 e. The summed E-state index contributed by atoms with van der Waals surface area (Å²) in [5, 5.41) is 3.68. The van der Waals surface area contributed by atoms with Crippen LogP contribution in [-0.4, -0.2) is 41.6 Å². The third kappa shape index (κ3) is 4.33. The Bertz CT molecular complexity index is 807. The number of hydrogen-bond donors (Lipinski definition) is 1. The van der Waals surface area contributed by atoms with Gasteiger partial charge in [-0.25, -0.2) is 9.97 Å². The molecule has 0 radical (unpaired) electrons. The Kier molecular flexibility index (Phi) is 5.57. The van der Waals surface area contributed by atoms with Gasteiger partial charge in [-0.2, -0.15) is 0 Å². The number of piperidine rings is 1. The minimum atomic E-state index is 0.241. The first kappa shape index (κ1) is 18.9. The van der Waals surface area contributed by atoms with Crippen molar-refractivity contribution in [2.24, 2.45) is 0 Å². The van der Waals surface area contributed by atoms with Crippen LogP contribution < -0.4 is 15.1 Å². The first-order valence-corrected chi connectivity index (χ1v) is 10.3. The fraction of sp³-hybridized carbons (Fsp3) is 0.500. The lowest BCUT2D eigenvalue weighted by atomic mass is 10.0. The largest absolute Gasteiger partial charge is 0.341 e. The van der Waals surface area contributed by atoms with Crippen molar-refractivity contribution in [3.05, 3.63) is 47.3 Å². The zero-order valence-electron chi connectivity index (χ0n) is 16.8. The number of benzene rings is 1. The van der Waals surface area contributed by atoms with Gasteiger partial charge in [-0.1, -0.05) is 12.1 Å². The van der Waals surface area contributed by atoms with Crippen LogP contribution in [0.15, 0.2) is 30.3 Å². The average molecular weight is 380 g/mol. The third-order valence-corrected chi connectivity index (χ3v) is 5.66. The molecule has 0 unspecified atom stereocenters. The van der Waals surface area contributed by atoms with Gasteiger partial charge in [-0.3, -0.25) is 4.79 Å². The molecule has 0 spiro atoms. The molecule has 2 aliphatic heterocycles. The van der Waals surface area contributed by atoms with E-state index in [0.717, 1.165) is 68.5 Å². The Morgan fingerprint density at radius 2 is 1.71 bits per heavy atom. The van der Waals surface area contributed by atoms with Crippen LogP contribution in [0.2, 0.25) is 0 Å². The zero-order valence-corrected chi connectivity index (χ0v) is 16.8. The number of aromatic nitrogens is 2. The number of hydrogen-bond acceptors (Lipinski definition) is 5. The highest BCUT2D eigenvalue weighted by Crippen LogP contribution is 2.22. The Morgan fingerprint density at radius 3 is 2.32 bits per heavy atom. The van der Waals surface area contributed by atoms with Crippen LogP contribution >= 0.6 is 0 Å². The lowest BCUT2D eigenvalue weighted by molar-refractivity contribution is -0.117. The minimum Gasteiger partial charge on any atom is -0.341 e. The van der Waals surface area contributed by atoms with Crippen LogP contribution in [0.1, 0.15) is 42.6 Å². The van der Waals surface area contributed by atoms with Crippen LogP contribution in [0.4, 0.5) is 11.6 Å². The van der Waals surface area contributed by atoms with Crippen molar-refractivity contribution in [3.8, 4) is 0 Å². The van der Waals surface area contributed by atoms with E-state index in [0.29, 0.717) is 12.5 Å². The summed E-state index contributed by atoms with van der Waals surface area (Å²) in [6.07, 6.45) is 3.83. The molecule has 4 rings (SSSR count). The van der Waals surface area contributed by atoms with Gasteiger partial charge in [0, 0.05) is 55.7 Å². The van der Waals surface area contributed by atoms with Crippen molar-refractivity contribution in [2.75, 3.05) is 29.4 Å². The van der Waals surface area contributed by atoms with E-state index in [1.807, 2.05) is 24.8 Å². The predicted molar refractivity (Wildman–Crippen MR) is 112 cm³/mol. The smallest absolute Gasteiger partial charge is 0.227 e. The van der Waals surface area contributed by atoms with Crippen LogP contribution in [0.25, 0.3) is 0 Å². The molecule has 2 saturated heterocycles. The fourth-order valence-corrected chi connectivity index (χ4v) is 4.11. The van der Waals surface area contributed by atoms with Gasteiger partial charge < -0.3 is 15.1 Å². The van der Waals surface area contributed by atoms with Crippen molar-refractivity contribution in [1.82, 2.24) is 15.3 Å². The Morgan fingerprint density at radius 1 is 1.04 bits per heavy atom. The highest BCUT2D eigenvalue weighted by atomic mass is 16.2. The molecule has 0 aliphatic carbocycles. The number of aryl methyl sites for hydroxylation is 2. The molecule has 148 valence electrons. The number of amides is 1. The standard InChI is InChI=1S/C22H29N5O/c1-16-14-17(2)25-22(24-16)26-12-9-19(10-13-26)23-15-18-5-7-20(8-6-18)27-11-3-4-21(27)28/h5-8,14,19,23H,3-4,9-13,15H2,1-2H3. The lowest BCUT2D eigenvalue weighted by Gasteiger charge is -2.32. The molecule has 2 aliphatic rings. The second-order valence-corrected chi connectivity index (χ2v) is 7.91. The molecule has 2 aromatic rings. The van der Waals surface area contributed by atoms with Gasteiger partial charge >= 0.3 is 0 Å². The van der Waals surface area contributed by atoms with Crippen LogP contribution in [-0.2, 0) is 11.3 Å². The molecule has 2 fully saturated rings. The highest BCUT2D eigenvalue weighted by Gasteiger charge is 2.22. The monoisotopic (exact) mass is 379 g/mol. The maximum absolute atomic E-state index is 11.9. The van der Waals surface area contributed by atoms with Gasteiger partial charge in [0.25, 0.3) is 0 Å². The molecular weight excluding hydrogens is 350 g/mol. The molecule has 1 aromatic heterocycles. The first-order valence-electron chi connectivity index (χ1n) is 10.3. The second-order valence-electron chi connectivity index (χ2n) is 7.91. The van der Waals surface area contributed by atoms with Gasteiger partial charge in [0.1, 0.15) is 0 Å². The average Bonchev–Trinajstić information content (AvgIpc) is 3.12. The number of carbonyl (C=O) groups is 1. The van der Waals surface area contributed by atoms with E-state index in [2.05, 4.69) is 44.5 Å². The Hall–Kier alpha value is -2.47. The quantitative estimate of drug-likeness (QED) is 0.865. The van der Waals surface area contributed by atoms with Gasteiger partial charge in [0.2, 0.25) is 11.9 Å². The summed E-state index contributed by atoms with van der Waals surface area (Å²) in [5.74, 6) is 1.11. The topological polar surface area (TPSA) is 61.4 Å². The molecule has 1 aromatic carbocycles. The van der Waals surface area contributed by atoms with Crippen molar-refractivity contribution >= 4 is 17.5 Å². The molecule has 6 nitrogen and oxygen atoms in total. The summed E-state index contributed by atoms with van der Waals surface area (Å²) in [5.41, 5.74) is 4.34.